The number of ether oxygens (including phenoxy) is 1. The van der Waals surface area contributed by atoms with Crippen LogP contribution in [0.25, 0.3) is 11.0 Å². The minimum absolute atomic E-state index is 0.167. The highest BCUT2D eigenvalue weighted by atomic mass is 35.5. The van der Waals surface area contributed by atoms with E-state index in [2.05, 4.69) is 16.5 Å². The maximum atomic E-state index is 13.4. The summed E-state index contributed by atoms with van der Waals surface area (Å²) in [6.07, 6.45) is 2.04. The maximum Gasteiger partial charge on any atom is 0.127 e. The van der Waals surface area contributed by atoms with Crippen LogP contribution < -0.4 is 0 Å². The van der Waals surface area contributed by atoms with Crippen LogP contribution in [0.1, 0.15) is 37.9 Å². The van der Waals surface area contributed by atoms with Gasteiger partial charge in [0.25, 0.3) is 0 Å². The lowest BCUT2D eigenvalue weighted by Crippen LogP contribution is -2.31. The van der Waals surface area contributed by atoms with E-state index >= 15 is 0 Å². The first-order chi connectivity index (χ1) is 9.98. The fourth-order valence-electron chi connectivity index (χ4n) is 3.00. The number of hydrogen-bond donors (Lipinski definition) is 0. The number of nitrogens with zero attached hydrogens (tertiary/aromatic N) is 2. The van der Waals surface area contributed by atoms with Gasteiger partial charge in [-0.3, -0.25) is 0 Å². The molecule has 1 unspecified atom stereocenters. The van der Waals surface area contributed by atoms with Crippen LogP contribution in [-0.4, -0.2) is 22.8 Å². The minimum atomic E-state index is -0.266. The van der Waals surface area contributed by atoms with Crippen molar-refractivity contribution in [2.24, 2.45) is 5.41 Å². The molecule has 5 heteroatoms. The van der Waals surface area contributed by atoms with Gasteiger partial charge in [-0.25, -0.2) is 9.37 Å². The van der Waals surface area contributed by atoms with Crippen molar-refractivity contribution in [3.63, 3.8) is 0 Å². The standard InChI is InChI=1S/C16H20ClFN2O/c1-11(17)15-19-13-9-12(18)3-4-14(13)20(15)10-16(2)5-7-21-8-6-16/h3-4,9,11H,5-8,10H2,1-2H3. The first kappa shape index (κ1) is 14.8. The topological polar surface area (TPSA) is 27.1 Å². The smallest absolute Gasteiger partial charge is 0.127 e. The van der Waals surface area contributed by atoms with E-state index in [1.165, 1.54) is 12.1 Å². The summed E-state index contributed by atoms with van der Waals surface area (Å²) in [6, 6.07) is 4.75. The molecule has 1 saturated heterocycles. The van der Waals surface area contributed by atoms with Gasteiger partial charge in [0.05, 0.1) is 16.4 Å². The Morgan fingerprint density at radius 3 is 2.81 bits per heavy atom. The summed E-state index contributed by atoms with van der Waals surface area (Å²) < 4.78 is 21.0. The van der Waals surface area contributed by atoms with Crippen molar-refractivity contribution in [1.82, 2.24) is 9.55 Å². The first-order valence-corrected chi connectivity index (χ1v) is 7.80. The number of alkyl halides is 1. The number of fused-ring (bicyclic) bond motifs is 1. The minimum Gasteiger partial charge on any atom is -0.381 e. The Kier molecular flexibility index (Phi) is 3.93. The van der Waals surface area contributed by atoms with Crippen molar-refractivity contribution in [3.8, 4) is 0 Å². The zero-order valence-corrected chi connectivity index (χ0v) is 13.2. The summed E-state index contributed by atoms with van der Waals surface area (Å²) in [5.74, 6) is 0.545. The van der Waals surface area contributed by atoms with Gasteiger partial charge in [0.1, 0.15) is 11.6 Å². The van der Waals surface area contributed by atoms with Crippen LogP contribution in [0.3, 0.4) is 0 Å². The molecule has 2 heterocycles. The van der Waals surface area contributed by atoms with Gasteiger partial charge in [-0.15, -0.1) is 11.6 Å². The fraction of sp³-hybridized carbons (Fsp3) is 0.562. The van der Waals surface area contributed by atoms with Gasteiger partial charge in [-0.1, -0.05) is 6.92 Å². The Labute approximate surface area is 129 Å². The van der Waals surface area contributed by atoms with Crippen LogP contribution >= 0.6 is 11.6 Å². The molecule has 3 rings (SSSR count). The van der Waals surface area contributed by atoms with Gasteiger partial charge in [0.15, 0.2) is 0 Å². The summed E-state index contributed by atoms with van der Waals surface area (Å²) in [7, 11) is 0. The maximum absolute atomic E-state index is 13.4. The van der Waals surface area contributed by atoms with Crippen LogP contribution in [0.15, 0.2) is 18.2 Å². The molecular formula is C16H20ClFN2O. The second-order valence-corrected chi connectivity index (χ2v) is 6.88. The fourth-order valence-corrected chi connectivity index (χ4v) is 3.16. The Morgan fingerprint density at radius 1 is 1.43 bits per heavy atom. The Morgan fingerprint density at radius 2 is 2.14 bits per heavy atom. The van der Waals surface area contributed by atoms with Crippen molar-refractivity contribution >= 4 is 22.6 Å². The number of imidazole rings is 1. The molecule has 1 atom stereocenters. The largest absolute Gasteiger partial charge is 0.381 e. The lowest BCUT2D eigenvalue weighted by Gasteiger charge is -2.34. The third-order valence-corrected chi connectivity index (χ3v) is 4.53. The Hall–Kier alpha value is -1.13. The molecular weight excluding hydrogens is 291 g/mol. The van der Waals surface area contributed by atoms with Crippen molar-refractivity contribution in [2.45, 2.75) is 38.6 Å². The summed E-state index contributed by atoms with van der Waals surface area (Å²) in [4.78, 5) is 4.53. The third-order valence-electron chi connectivity index (χ3n) is 4.34. The van der Waals surface area contributed by atoms with E-state index in [0.29, 0.717) is 5.52 Å². The summed E-state index contributed by atoms with van der Waals surface area (Å²) in [5.41, 5.74) is 1.79. The molecule has 1 aliphatic heterocycles. The van der Waals surface area contributed by atoms with E-state index < -0.39 is 0 Å². The lowest BCUT2D eigenvalue weighted by atomic mass is 9.82. The van der Waals surface area contributed by atoms with Gasteiger partial charge in [-0.05, 0) is 37.3 Å². The van der Waals surface area contributed by atoms with Gasteiger partial charge < -0.3 is 9.30 Å². The molecule has 0 amide bonds. The van der Waals surface area contributed by atoms with Gasteiger partial charge in [0.2, 0.25) is 0 Å². The average Bonchev–Trinajstić information content (AvgIpc) is 2.77. The van der Waals surface area contributed by atoms with Gasteiger partial charge >= 0.3 is 0 Å². The van der Waals surface area contributed by atoms with Crippen molar-refractivity contribution < 1.29 is 9.13 Å². The van der Waals surface area contributed by atoms with Crippen LogP contribution in [-0.2, 0) is 11.3 Å². The second-order valence-electron chi connectivity index (χ2n) is 6.23. The normalized spacial score (nSPS) is 19.8. The Balaban J connectivity index is 2.04. The summed E-state index contributed by atoms with van der Waals surface area (Å²) in [5, 5.41) is -0.205. The van der Waals surface area contributed by atoms with Crippen molar-refractivity contribution in [1.29, 1.82) is 0 Å². The predicted octanol–water partition coefficient (Wildman–Crippen LogP) is 4.29. The molecule has 114 valence electrons. The van der Waals surface area contributed by atoms with Crippen molar-refractivity contribution in [3.05, 3.63) is 29.8 Å². The van der Waals surface area contributed by atoms with E-state index in [9.17, 15) is 4.39 Å². The summed E-state index contributed by atoms with van der Waals surface area (Å²) >= 11 is 6.28. The molecule has 1 aromatic carbocycles. The molecule has 1 fully saturated rings. The number of rotatable bonds is 3. The van der Waals surface area contributed by atoms with Crippen molar-refractivity contribution in [2.75, 3.05) is 13.2 Å². The van der Waals surface area contributed by atoms with Crippen LogP contribution in [0.5, 0.6) is 0 Å². The highest BCUT2D eigenvalue weighted by Crippen LogP contribution is 2.35. The number of halogens is 2. The Bertz CT molecular complexity index is 647. The zero-order valence-electron chi connectivity index (χ0n) is 12.4. The number of aromatic nitrogens is 2. The molecule has 1 aromatic heterocycles. The SMILES string of the molecule is CC(Cl)c1nc2cc(F)ccc2n1CC1(C)CCOCC1. The molecule has 21 heavy (non-hydrogen) atoms. The molecule has 0 spiro atoms. The van der Waals surface area contributed by atoms with Gasteiger partial charge in [0, 0.05) is 25.8 Å². The number of hydrogen-bond acceptors (Lipinski definition) is 2. The number of benzene rings is 1. The quantitative estimate of drug-likeness (QED) is 0.791. The predicted molar refractivity (Wildman–Crippen MR) is 82.1 cm³/mol. The lowest BCUT2D eigenvalue weighted by molar-refractivity contribution is 0.0157. The zero-order chi connectivity index (χ0) is 15.0. The van der Waals surface area contributed by atoms with E-state index in [1.807, 2.05) is 6.92 Å². The molecule has 1 aliphatic rings. The van der Waals surface area contributed by atoms with E-state index in [1.54, 1.807) is 6.07 Å². The molecule has 0 N–H and O–H groups in total. The molecule has 0 aliphatic carbocycles. The monoisotopic (exact) mass is 310 g/mol. The molecule has 0 saturated carbocycles. The van der Waals surface area contributed by atoms with Crippen LogP contribution in [0.2, 0.25) is 0 Å². The van der Waals surface area contributed by atoms with E-state index in [0.717, 1.165) is 43.9 Å². The average molecular weight is 311 g/mol. The highest BCUT2D eigenvalue weighted by molar-refractivity contribution is 6.20. The van der Waals surface area contributed by atoms with E-state index in [-0.39, 0.29) is 16.6 Å². The highest BCUT2D eigenvalue weighted by Gasteiger charge is 2.30. The molecule has 0 radical (unpaired) electrons. The van der Waals surface area contributed by atoms with Crippen LogP contribution in [0, 0.1) is 11.2 Å². The van der Waals surface area contributed by atoms with Gasteiger partial charge in [-0.2, -0.15) is 0 Å². The van der Waals surface area contributed by atoms with E-state index in [4.69, 9.17) is 16.3 Å². The second kappa shape index (κ2) is 5.58. The first-order valence-electron chi connectivity index (χ1n) is 7.36. The third kappa shape index (κ3) is 2.92. The molecule has 2 aromatic rings. The van der Waals surface area contributed by atoms with Crippen LogP contribution in [0.4, 0.5) is 4.39 Å². The molecule has 0 bridgehead atoms. The summed E-state index contributed by atoms with van der Waals surface area (Å²) in [6.45, 7) is 6.60. The molecule has 3 nitrogen and oxygen atoms in total.